The number of hydrogen-bond donors (Lipinski definition) is 2. The lowest BCUT2D eigenvalue weighted by atomic mass is 10.1. The Kier molecular flexibility index (Phi) is 5.09. The van der Waals surface area contributed by atoms with Gasteiger partial charge < -0.3 is 10.6 Å². The van der Waals surface area contributed by atoms with Crippen LogP contribution in [0.2, 0.25) is 0 Å². The molecule has 0 saturated carbocycles. The van der Waals surface area contributed by atoms with E-state index < -0.39 is 0 Å². The molecule has 0 spiro atoms. The Hall–Kier alpha value is -1.46. The summed E-state index contributed by atoms with van der Waals surface area (Å²) in [6, 6.07) is 5.34. The molecule has 4 nitrogen and oxygen atoms in total. The zero-order valence-corrected chi connectivity index (χ0v) is 12.1. The highest BCUT2D eigenvalue weighted by atomic mass is 19.1. The summed E-state index contributed by atoms with van der Waals surface area (Å²) in [5, 5.41) is 6.23. The second-order valence-electron chi connectivity index (χ2n) is 5.45. The molecule has 0 unspecified atom stereocenters. The Bertz CT molecular complexity index is 478. The fraction of sp³-hybridized carbons (Fsp3) is 0.533. The lowest BCUT2D eigenvalue weighted by Gasteiger charge is -2.31. The first-order chi connectivity index (χ1) is 9.54. The number of carbonyl (C=O) groups excluding carboxylic acids is 1. The summed E-state index contributed by atoms with van der Waals surface area (Å²) in [6.45, 7) is 7.42. The predicted molar refractivity (Wildman–Crippen MR) is 76.9 cm³/mol. The minimum absolute atomic E-state index is 0.0149. The minimum atomic E-state index is -0.213. The molecule has 2 rings (SSSR count). The third-order valence-corrected chi connectivity index (χ3v) is 3.53. The van der Waals surface area contributed by atoms with Crippen molar-refractivity contribution in [3.8, 4) is 0 Å². The van der Waals surface area contributed by atoms with Crippen molar-refractivity contribution in [2.45, 2.75) is 26.4 Å². The maximum absolute atomic E-state index is 13.1. The van der Waals surface area contributed by atoms with Crippen molar-refractivity contribution in [2.24, 2.45) is 0 Å². The van der Waals surface area contributed by atoms with Gasteiger partial charge in [0.15, 0.2) is 0 Å². The summed E-state index contributed by atoms with van der Waals surface area (Å²) >= 11 is 0. The van der Waals surface area contributed by atoms with E-state index in [2.05, 4.69) is 22.5 Å². The Morgan fingerprint density at radius 1 is 1.55 bits per heavy atom. The SMILES string of the molecule is Cc1cc(CNC(=O)CN2CCN[C@H](C)C2)ccc1F. The zero-order chi connectivity index (χ0) is 14.5. The number of rotatable bonds is 4. The number of hydrogen-bond acceptors (Lipinski definition) is 3. The maximum Gasteiger partial charge on any atom is 0.234 e. The van der Waals surface area contributed by atoms with E-state index in [-0.39, 0.29) is 11.7 Å². The Morgan fingerprint density at radius 2 is 2.35 bits per heavy atom. The largest absolute Gasteiger partial charge is 0.351 e. The highest BCUT2D eigenvalue weighted by Gasteiger charge is 2.17. The highest BCUT2D eigenvalue weighted by molar-refractivity contribution is 5.78. The first-order valence-corrected chi connectivity index (χ1v) is 7.02. The van der Waals surface area contributed by atoms with E-state index in [4.69, 9.17) is 0 Å². The van der Waals surface area contributed by atoms with Crippen LogP contribution in [0.3, 0.4) is 0 Å². The van der Waals surface area contributed by atoms with E-state index in [9.17, 15) is 9.18 Å². The summed E-state index contributed by atoms with van der Waals surface area (Å²) in [5.41, 5.74) is 1.53. The second kappa shape index (κ2) is 6.81. The van der Waals surface area contributed by atoms with Crippen LogP contribution in [0.5, 0.6) is 0 Å². The number of carbonyl (C=O) groups is 1. The number of aryl methyl sites for hydroxylation is 1. The minimum Gasteiger partial charge on any atom is -0.351 e. The van der Waals surface area contributed by atoms with Gasteiger partial charge in [-0.2, -0.15) is 0 Å². The standard InChI is InChI=1S/C15H22FN3O/c1-11-7-13(3-4-14(11)16)8-18-15(20)10-19-6-5-17-12(2)9-19/h3-4,7,12,17H,5-6,8-10H2,1-2H3,(H,18,20)/t12-/m1/s1. The molecule has 1 aliphatic rings. The van der Waals surface area contributed by atoms with E-state index in [1.165, 1.54) is 6.07 Å². The van der Waals surface area contributed by atoms with Crippen LogP contribution >= 0.6 is 0 Å². The van der Waals surface area contributed by atoms with Gasteiger partial charge in [-0.05, 0) is 31.0 Å². The molecule has 1 aromatic rings. The molecular formula is C15H22FN3O. The van der Waals surface area contributed by atoms with E-state index in [1.54, 1.807) is 19.1 Å². The third-order valence-electron chi connectivity index (χ3n) is 3.53. The lowest BCUT2D eigenvalue weighted by Crippen LogP contribution is -2.51. The Balaban J connectivity index is 1.78. The van der Waals surface area contributed by atoms with Crippen LogP contribution in [0.25, 0.3) is 0 Å². The van der Waals surface area contributed by atoms with Gasteiger partial charge in [0.1, 0.15) is 5.82 Å². The third kappa shape index (κ3) is 4.28. The predicted octanol–water partition coefficient (Wildman–Crippen LogP) is 1.04. The molecule has 1 amide bonds. The number of nitrogens with one attached hydrogen (secondary N) is 2. The number of halogens is 1. The van der Waals surface area contributed by atoms with Crippen LogP contribution in [0, 0.1) is 12.7 Å². The fourth-order valence-corrected chi connectivity index (χ4v) is 2.43. The lowest BCUT2D eigenvalue weighted by molar-refractivity contribution is -0.122. The number of piperazine rings is 1. The molecule has 1 fully saturated rings. The highest BCUT2D eigenvalue weighted by Crippen LogP contribution is 2.08. The average molecular weight is 279 g/mol. The molecule has 0 aromatic heterocycles. The van der Waals surface area contributed by atoms with Crippen molar-refractivity contribution in [3.05, 3.63) is 35.1 Å². The van der Waals surface area contributed by atoms with Crippen molar-refractivity contribution >= 4 is 5.91 Å². The van der Waals surface area contributed by atoms with Gasteiger partial charge in [-0.1, -0.05) is 12.1 Å². The molecule has 0 aliphatic carbocycles. The van der Waals surface area contributed by atoms with Gasteiger partial charge in [0.2, 0.25) is 5.91 Å². The molecule has 5 heteroatoms. The molecule has 0 radical (unpaired) electrons. The average Bonchev–Trinajstić information content (AvgIpc) is 2.40. The van der Waals surface area contributed by atoms with Gasteiger partial charge >= 0.3 is 0 Å². The van der Waals surface area contributed by atoms with E-state index in [0.29, 0.717) is 24.7 Å². The quantitative estimate of drug-likeness (QED) is 0.866. The summed E-state index contributed by atoms with van der Waals surface area (Å²) in [7, 11) is 0. The van der Waals surface area contributed by atoms with Gasteiger partial charge in [0.25, 0.3) is 0 Å². The van der Waals surface area contributed by atoms with Crippen molar-refractivity contribution < 1.29 is 9.18 Å². The van der Waals surface area contributed by atoms with Gasteiger partial charge in [0, 0.05) is 32.2 Å². The van der Waals surface area contributed by atoms with Crippen molar-refractivity contribution in [1.82, 2.24) is 15.5 Å². The van der Waals surface area contributed by atoms with E-state index >= 15 is 0 Å². The molecule has 1 atom stereocenters. The molecule has 1 saturated heterocycles. The first-order valence-electron chi connectivity index (χ1n) is 7.02. The van der Waals surface area contributed by atoms with E-state index in [1.807, 2.05) is 0 Å². The van der Waals surface area contributed by atoms with Gasteiger partial charge in [0.05, 0.1) is 6.54 Å². The monoisotopic (exact) mass is 279 g/mol. The molecule has 110 valence electrons. The zero-order valence-electron chi connectivity index (χ0n) is 12.1. The number of nitrogens with zero attached hydrogens (tertiary/aromatic N) is 1. The van der Waals surface area contributed by atoms with Crippen molar-refractivity contribution in [2.75, 3.05) is 26.2 Å². The van der Waals surface area contributed by atoms with Crippen LogP contribution < -0.4 is 10.6 Å². The van der Waals surface area contributed by atoms with Gasteiger partial charge in [-0.15, -0.1) is 0 Å². The number of benzene rings is 1. The van der Waals surface area contributed by atoms with Crippen molar-refractivity contribution in [1.29, 1.82) is 0 Å². The van der Waals surface area contributed by atoms with Crippen LogP contribution in [0.15, 0.2) is 18.2 Å². The van der Waals surface area contributed by atoms with Gasteiger partial charge in [-0.3, -0.25) is 9.69 Å². The smallest absolute Gasteiger partial charge is 0.234 e. The van der Waals surface area contributed by atoms with E-state index in [0.717, 1.165) is 25.2 Å². The summed E-state index contributed by atoms with van der Waals surface area (Å²) < 4.78 is 13.1. The van der Waals surface area contributed by atoms with Crippen LogP contribution in [-0.2, 0) is 11.3 Å². The Morgan fingerprint density at radius 3 is 3.05 bits per heavy atom. The number of amides is 1. The molecular weight excluding hydrogens is 257 g/mol. The molecule has 1 heterocycles. The molecule has 20 heavy (non-hydrogen) atoms. The normalized spacial score (nSPS) is 19.9. The topological polar surface area (TPSA) is 44.4 Å². The molecule has 2 N–H and O–H groups in total. The summed E-state index contributed by atoms with van der Waals surface area (Å²) in [4.78, 5) is 14.0. The first kappa shape index (κ1) is 14.9. The second-order valence-corrected chi connectivity index (χ2v) is 5.45. The van der Waals surface area contributed by atoms with Crippen LogP contribution in [-0.4, -0.2) is 43.0 Å². The molecule has 1 aliphatic heterocycles. The molecule has 0 bridgehead atoms. The van der Waals surface area contributed by atoms with Crippen LogP contribution in [0.4, 0.5) is 4.39 Å². The fourth-order valence-electron chi connectivity index (χ4n) is 2.43. The van der Waals surface area contributed by atoms with Crippen molar-refractivity contribution in [3.63, 3.8) is 0 Å². The summed E-state index contributed by atoms with van der Waals surface area (Å²) in [6.07, 6.45) is 0. The van der Waals surface area contributed by atoms with Gasteiger partial charge in [-0.25, -0.2) is 4.39 Å². The maximum atomic E-state index is 13.1. The summed E-state index contributed by atoms with van der Waals surface area (Å²) in [5.74, 6) is -0.198. The molecule has 1 aromatic carbocycles. The van der Waals surface area contributed by atoms with Crippen LogP contribution in [0.1, 0.15) is 18.1 Å². The Labute approximate surface area is 119 Å².